The molecule has 1 aromatic rings. The SMILES string of the molecule is CC(NC(=O)CN1CCC(C(=O)O)C1)c1ccc(Br)cc1.Cl. The van der Waals surface area contributed by atoms with Crippen LogP contribution in [0, 0.1) is 5.92 Å². The van der Waals surface area contributed by atoms with Gasteiger partial charge in [0.1, 0.15) is 0 Å². The van der Waals surface area contributed by atoms with Gasteiger partial charge in [0.05, 0.1) is 18.5 Å². The van der Waals surface area contributed by atoms with E-state index in [2.05, 4.69) is 21.2 Å². The Balaban J connectivity index is 0.00000242. The largest absolute Gasteiger partial charge is 0.481 e. The number of amides is 1. The van der Waals surface area contributed by atoms with Crippen LogP contribution in [0.5, 0.6) is 0 Å². The van der Waals surface area contributed by atoms with Crippen molar-refractivity contribution in [1.29, 1.82) is 0 Å². The number of hydrogen-bond donors (Lipinski definition) is 2. The highest BCUT2D eigenvalue weighted by Gasteiger charge is 2.29. The van der Waals surface area contributed by atoms with Crippen LogP contribution in [0.15, 0.2) is 28.7 Å². The van der Waals surface area contributed by atoms with Crippen molar-refractivity contribution < 1.29 is 14.7 Å². The molecule has 2 unspecified atom stereocenters. The van der Waals surface area contributed by atoms with Gasteiger partial charge in [0.2, 0.25) is 5.91 Å². The first kappa shape index (κ1) is 18.9. The summed E-state index contributed by atoms with van der Waals surface area (Å²) in [4.78, 5) is 24.8. The third-order valence-electron chi connectivity index (χ3n) is 3.74. The second-order valence-corrected chi connectivity index (χ2v) is 6.32. The maximum absolute atomic E-state index is 12.0. The fourth-order valence-electron chi connectivity index (χ4n) is 2.50. The molecule has 1 aromatic carbocycles. The predicted molar refractivity (Wildman–Crippen MR) is 90.1 cm³/mol. The summed E-state index contributed by atoms with van der Waals surface area (Å²) >= 11 is 3.38. The summed E-state index contributed by atoms with van der Waals surface area (Å²) < 4.78 is 1.00. The van der Waals surface area contributed by atoms with Crippen molar-refractivity contribution in [1.82, 2.24) is 10.2 Å². The van der Waals surface area contributed by atoms with Crippen molar-refractivity contribution >= 4 is 40.2 Å². The molecule has 1 saturated heterocycles. The Labute approximate surface area is 144 Å². The number of carboxylic acid groups (broad SMARTS) is 1. The molecule has 1 aliphatic rings. The van der Waals surface area contributed by atoms with Crippen molar-refractivity contribution in [2.45, 2.75) is 19.4 Å². The number of nitrogens with one attached hydrogen (secondary N) is 1. The van der Waals surface area contributed by atoms with Crippen LogP contribution in [0.2, 0.25) is 0 Å². The first-order valence-corrected chi connectivity index (χ1v) is 7.75. The normalized spacial score (nSPS) is 19.3. The standard InChI is InChI=1S/C15H19BrN2O3.ClH/c1-10(11-2-4-13(16)5-3-11)17-14(19)9-18-7-6-12(8-18)15(20)21;/h2-5,10,12H,6-9H2,1H3,(H,17,19)(H,20,21);1H. The minimum absolute atomic E-state index is 0. The van der Waals surface area contributed by atoms with E-state index in [1.54, 1.807) is 0 Å². The summed E-state index contributed by atoms with van der Waals surface area (Å²) in [5.74, 6) is -1.20. The minimum atomic E-state index is -0.777. The second kappa shape index (κ2) is 8.50. The Morgan fingerprint density at radius 3 is 2.59 bits per heavy atom. The monoisotopic (exact) mass is 390 g/mol. The Morgan fingerprint density at radius 2 is 2.05 bits per heavy atom. The second-order valence-electron chi connectivity index (χ2n) is 5.40. The van der Waals surface area contributed by atoms with Crippen molar-refractivity contribution in [3.8, 4) is 0 Å². The lowest BCUT2D eigenvalue weighted by atomic mass is 10.1. The summed E-state index contributed by atoms with van der Waals surface area (Å²) in [6.07, 6.45) is 0.616. The van der Waals surface area contributed by atoms with E-state index in [9.17, 15) is 9.59 Å². The van der Waals surface area contributed by atoms with Crippen LogP contribution < -0.4 is 5.32 Å². The summed E-state index contributed by atoms with van der Waals surface area (Å²) in [7, 11) is 0. The summed E-state index contributed by atoms with van der Waals surface area (Å²) in [5.41, 5.74) is 1.04. The van der Waals surface area contributed by atoms with Crippen LogP contribution >= 0.6 is 28.3 Å². The smallest absolute Gasteiger partial charge is 0.307 e. The van der Waals surface area contributed by atoms with Crippen LogP contribution in [-0.4, -0.2) is 41.5 Å². The third-order valence-corrected chi connectivity index (χ3v) is 4.26. The van der Waals surface area contributed by atoms with Gasteiger partial charge in [-0.15, -0.1) is 12.4 Å². The van der Waals surface area contributed by atoms with E-state index < -0.39 is 5.97 Å². The quantitative estimate of drug-likeness (QED) is 0.809. The maximum Gasteiger partial charge on any atom is 0.307 e. The molecular weight excluding hydrogens is 372 g/mol. The molecule has 2 rings (SSSR count). The van der Waals surface area contributed by atoms with Crippen LogP contribution in [0.1, 0.15) is 24.9 Å². The maximum atomic E-state index is 12.0. The molecule has 0 bridgehead atoms. The van der Waals surface area contributed by atoms with Gasteiger partial charge in [-0.3, -0.25) is 14.5 Å². The van der Waals surface area contributed by atoms with Crippen molar-refractivity contribution in [3.63, 3.8) is 0 Å². The van der Waals surface area contributed by atoms with Crippen LogP contribution in [0.3, 0.4) is 0 Å². The highest BCUT2D eigenvalue weighted by Crippen LogP contribution is 2.18. The molecule has 1 amide bonds. The van der Waals surface area contributed by atoms with Crippen LogP contribution in [0.25, 0.3) is 0 Å². The molecular formula is C15H20BrClN2O3. The average Bonchev–Trinajstić information content (AvgIpc) is 2.87. The molecule has 7 heteroatoms. The van der Waals surface area contributed by atoms with Gasteiger partial charge in [-0.25, -0.2) is 0 Å². The lowest BCUT2D eigenvalue weighted by Crippen LogP contribution is -2.37. The number of nitrogens with zero attached hydrogens (tertiary/aromatic N) is 1. The van der Waals surface area contributed by atoms with E-state index in [1.807, 2.05) is 36.1 Å². The number of likely N-dealkylation sites (tertiary alicyclic amines) is 1. The fraction of sp³-hybridized carbons (Fsp3) is 0.467. The number of carboxylic acids is 1. The van der Waals surface area contributed by atoms with Crippen molar-refractivity contribution in [2.24, 2.45) is 5.92 Å². The molecule has 0 saturated carbocycles. The molecule has 22 heavy (non-hydrogen) atoms. The number of benzene rings is 1. The molecule has 1 heterocycles. The van der Waals surface area contributed by atoms with Crippen molar-refractivity contribution in [2.75, 3.05) is 19.6 Å². The summed E-state index contributed by atoms with van der Waals surface area (Å²) in [6.45, 7) is 3.31. The molecule has 0 radical (unpaired) electrons. The number of hydrogen-bond acceptors (Lipinski definition) is 3. The molecule has 1 aliphatic heterocycles. The number of carbonyl (C=O) groups is 2. The molecule has 2 atom stereocenters. The summed E-state index contributed by atoms with van der Waals surface area (Å²) in [5, 5.41) is 11.9. The molecule has 2 N–H and O–H groups in total. The highest BCUT2D eigenvalue weighted by molar-refractivity contribution is 9.10. The van der Waals surface area contributed by atoms with Gasteiger partial charge in [-0.2, -0.15) is 0 Å². The predicted octanol–water partition coefficient (Wildman–Crippen LogP) is 2.45. The van der Waals surface area contributed by atoms with E-state index in [0.29, 0.717) is 19.5 Å². The van der Waals surface area contributed by atoms with Gasteiger partial charge in [-0.05, 0) is 37.6 Å². The first-order valence-electron chi connectivity index (χ1n) is 6.95. The van der Waals surface area contributed by atoms with Gasteiger partial charge >= 0.3 is 5.97 Å². The highest BCUT2D eigenvalue weighted by atomic mass is 79.9. The molecule has 5 nitrogen and oxygen atoms in total. The zero-order chi connectivity index (χ0) is 15.4. The van der Waals surface area contributed by atoms with Crippen LogP contribution in [-0.2, 0) is 9.59 Å². The molecule has 0 spiro atoms. The lowest BCUT2D eigenvalue weighted by Gasteiger charge is -2.18. The number of aliphatic carboxylic acids is 1. The number of rotatable bonds is 5. The van der Waals surface area contributed by atoms with Gasteiger partial charge in [0.15, 0.2) is 0 Å². The average molecular weight is 392 g/mol. The minimum Gasteiger partial charge on any atom is -0.481 e. The van der Waals surface area contributed by atoms with Gasteiger partial charge in [0, 0.05) is 11.0 Å². The Kier molecular flexibility index (Phi) is 7.32. The van der Waals surface area contributed by atoms with E-state index in [1.165, 1.54) is 0 Å². The number of carbonyl (C=O) groups excluding carboxylic acids is 1. The molecule has 0 aromatic heterocycles. The number of halogens is 2. The lowest BCUT2D eigenvalue weighted by molar-refractivity contribution is -0.141. The summed E-state index contributed by atoms with van der Waals surface area (Å²) in [6, 6.07) is 7.74. The van der Waals surface area contributed by atoms with Crippen LogP contribution in [0.4, 0.5) is 0 Å². The van der Waals surface area contributed by atoms with Gasteiger partial charge < -0.3 is 10.4 Å². The van der Waals surface area contributed by atoms with E-state index in [-0.39, 0.29) is 36.8 Å². The van der Waals surface area contributed by atoms with E-state index in [0.717, 1.165) is 10.0 Å². The zero-order valence-electron chi connectivity index (χ0n) is 12.3. The van der Waals surface area contributed by atoms with E-state index in [4.69, 9.17) is 5.11 Å². The van der Waals surface area contributed by atoms with Gasteiger partial charge in [-0.1, -0.05) is 28.1 Å². The molecule has 1 fully saturated rings. The third kappa shape index (κ3) is 5.26. The first-order chi connectivity index (χ1) is 9.95. The fourth-order valence-corrected chi connectivity index (χ4v) is 2.77. The van der Waals surface area contributed by atoms with Crippen molar-refractivity contribution in [3.05, 3.63) is 34.3 Å². The Hall–Kier alpha value is -1.11. The Morgan fingerprint density at radius 1 is 1.41 bits per heavy atom. The van der Waals surface area contributed by atoms with E-state index >= 15 is 0 Å². The Bertz CT molecular complexity index is 524. The molecule has 0 aliphatic carbocycles. The topological polar surface area (TPSA) is 69.6 Å². The van der Waals surface area contributed by atoms with Gasteiger partial charge in [0.25, 0.3) is 0 Å². The zero-order valence-corrected chi connectivity index (χ0v) is 14.7. The molecule has 122 valence electrons.